The summed E-state index contributed by atoms with van der Waals surface area (Å²) in [5.74, 6) is 0.786. The lowest BCUT2D eigenvalue weighted by Crippen LogP contribution is -2.50. The lowest BCUT2D eigenvalue weighted by Gasteiger charge is -2.43. The minimum Gasteiger partial charge on any atom is -0.488 e. The zero-order valence-corrected chi connectivity index (χ0v) is 20.5. The van der Waals surface area contributed by atoms with Crippen molar-refractivity contribution in [2.75, 3.05) is 26.2 Å². The molecule has 0 bridgehead atoms. The lowest BCUT2D eigenvalue weighted by molar-refractivity contribution is -0.0335. The third-order valence-corrected chi connectivity index (χ3v) is 7.58. The molecule has 178 valence electrons. The van der Waals surface area contributed by atoms with E-state index < -0.39 is 11.7 Å². The van der Waals surface area contributed by atoms with Crippen molar-refractivity contribution in [2.24, 2.45) is 0 Å². The maximum absolute atomic E-state index is 11.4. The van der Waals surface area contributed by atoms with E-state index in [2.05, 4.69) is 33.0 Å². The van der Waals surface area contributed by atoms with Crippen LogP contribution in [0.3, 0.4) is 0 Å². The Morgan fingerprint density at radius 2 is 1.73 bits per heavy atom. The van der Waals surface area contributed by atoms with Crippen LogP contribution in [0.5, 0.6) is 5.75 Å². The van der Waals surface area contributed by atoms with Crippen LogP contribution in [0.1, 0.15) is 55.7 Å². The van der Waals surface area contributed by atoms with Crippen LogP contribution in [-0.4, -0.2) is 57.9 Å². The molecule has 4 rings (SSSR count). The summed E-state index contributed by atoms with van der Waals surface area (Å²) in [4.78, 5) is 15.2. The topological polar surface area (TPSA) is 73.2 Å². The van der Waals surface area contributed by atoms with Crippen LogP contribution in [0, 0.1) is 0 Å². The van der Waals surface area contributed by atoms with E-state index in [9.17, 15) is 15.0 Å². The fourth-order valence-electron chi connectivity index (χ4n) is 5.03. The van der Waals surface area contributed by atoms with Crippen molar-refractivity contribution in [1.82, 2.24) is 9.80 Å². The van der Waals surface area contributed by atoms with Crippen LogP contribution in [0.25, 0.3) is 0 Å². The number of hydrogen-bond donors (Lipinski definition) is 2. The van der Waals surface area contributed by atoms with Crippen molar-refractivity contribution >= 4 is 22.0 Å². The number of halogens is 1. The van der Waals surface area contributed by atoms with Gasteiger partial charge >= 0.3 is 6.09 Å². The van der Waals surface area contributed by atoms with Crippen LogP contribution < -0.4 is 4.74 Å². The molecule has 0 spiro atoms. The first-order valence-electron chi connectivity index (χ1n) is 11.8. The van der Waals surface area contributed by atoms with Crippen LogP contribution in [0.4, 0.5) is 4.79 Å². The third-order valence-electron chi connectivity index (χ3n) is 6.96. The van der Waals surface area contributed by atoms with E-state index in [0.29, 0.717) is 39.2 Å². The molecule has 0 radical (unpaired) electrons. The molecule has 2 fully saturated rings. The number of carboxylic acid groups (broad SMARTS) is 1. The Bertz CT molecular complexity index is 925. The highest BCUT2D eigenvalue weighted by atomic mass is 79.9. The fourth-order valence-corrected chi connectivity index (χ4v) is 5.54. The minimum absolute atomic E-state index is 0.0310. The van der Waals surface area contributed by atoms with Gasteiger partial charge in [-0.3, -0.25) is 4.90 Å². The number of hydrogen-bond acceptors (Lipinski definition) is 4. The summed E-state index contributed by atoms with van der Waals surface area (Å²) in [5.41, 5.74) is 1.57. The number of carbonyl (C=O) groups is 1. The summed E-state index contributed by atoms with van der Waals surface area (Å²) in [6.45, 7) is 2.81. The van der Waals surface area contributed by atoms with Gasteiger partial charge in [0, 0.05) is 32.2 Å². The van der Waals surface area contributed by atoms with Crippen molar-refractivity contribution in [3.05, 3.63) is 64.1 Å². The van der Waals surface area contributed by atoms with Gasteiger partial charge in [0.2, 0.25) is 0 Å². The van der Waals surface area contributed by atoms with E-state index in [1.54, 1.807) is 0 Å². The average Bonchev–Trinajstić information content (AvgIpc) is 2.83. The van der Waals surface area contributed by atoms with E-state index >= 15 is 0 Å². The molecule has 0 aromatic heterocycles. The molecule has 1 aliphatic carbocycles. The third kappa shape index (κ3) is 6.28. The van der Waals surface area contributed by atoms with Gasteiger partial charge in [-0.05, 0) is 58.5 Å². The summed E-state index contributed by atoms with van der Waals surface area (Å²) in [5, 5.41) is 20.7. The molecule has 2 aliphatic rings. The van der Waals surface area contributed by atoms with Gasteiger partial charge in [-0.25, -0.2) is 4.79 Å². The number of aliphatic hydroxyl groups is 1. The number of ether oxygens (including phenoxy) is 1. The Morgan fingerprint density at radius 1 is 1.03 bits per heavy atom. The first-order chi connectivity index (χ1) is 15.9. The highest BCUT2D eigenvalue weighted by Gasteiger charge is 2.36. The van der Waals surface area contributed by atoms with Gasteiger partial charge in [0.1, 0.15) is 12.4 Å². The summed E-state index contributed by atoms with van der Waals surface area (Å²) in [7, 11) is 0. The van der Waals surface area contributed by atoms with E-state index in [0.717, 1.165) is 47.0 Å². The van der Waals surface area contributed by atoms with E-state index in [1.165, 1.54) is 11.3 Å². The van der Waals surface area contributed by atoms with Gasteiger partial charge < -0.3 is 19.8 Å². The Kier molecular flexibility index (Phi) is 7.94. The second-order valence-corrected chi connectivity index (χ2v) is 10.1. The van der Waals surface area contributed by atoms with Crippen molar-refractivity contribution in [2.45, 2.75) is 56.8 Å². The maximum atomic E-state index is 11.4. The summed E-state index contributed by atoms with van der Waals surface area (Å²) < 4.78 is 6.92. The SMILES string of the molecule is O=C(O)N1CCN(C(CC2(O)CCCCC2)c2ccc(OCc3ccccc3)c(Br)c2)CC1. The molecule has 1 aliphatic heterocycles. The smallest absolute Gasteiger partial charge is 0.407 e. The molecule has 1 unspecified atom stereocenters. The molecule has 1 saturated heterocycles. The zero-order valence-electron chi connectivity index (χ0n) is 19.0. The molecule has 33 heavy (non-hydrogen) atoms. The van der Waals surface area contributed by atoms with Crippen LogP contribution in [0.2, 0.25) is 0 Å². The van der Waals surface area contributed by atoms with Gasteiger partial charge in [0.25, 0.3) is 0 Å². The zero-order chi connectivity index (χ0) is 23.3. The van der Waals surface area contributed by atoms with Crippen molar-refractivity contribution in [3.63, 3.8) is 0 Å². The molecule has 1 atom stereocenters. The Labute approximate surface area is 204 Å². The normalized spacial score (nSPS) is 19.8. The molecular weight excluding hydrogens is 484 g/mol. The first-order valence-corrected chi connectivity index (χ1v) is 12.6. The molecule has 1 heterocycles. The number of piperazine rings is 1. The second-order valence-electron chi connectivity index (χ2n) is 9.27. The maximum Gasteiger partial charge on any atom is 0.407 e. The average molecular weight is 517 g/mol. The van der Waals surface area contributed by atoms with Gasteiger partial charge in [-0.15, -0.1) is 0 Å². The molecular formula is C26H33BrN2O4. The molecule has 2 aromatic carbocycles. The van der Waals surface area contributed by atoms with Gasteiger partial charge in [-0.2, -0.15) is 0 Å². The Balaban J connectivity index is 1.51. The number of rotatable bonds is 7. The summed E-state index contributed by atoms with van der Waals surface area (Å²) >= 11 is 3.69. The van der Waals surface area contributed by atoms with E-state index in [4.69, 9.17) is 4.74 Å². The van der Waals surface area contributed by atoms with Gasteiger partial charge in [0.15, 0.2) is 0 Å². The Hall–Kier alpha value is -2.09. The Morgan fingerprint density at radius 3 is 2.36 bits per heavy atom. The molecule has 6 nitrogen and oxygen atoms in total. The van der Waals surface area contributed by atoms with E-state index in [-0.39, 0.29) is 6.04 Å². The number of benzene rings is 2. The number of amides is 1. The molecule has 2 aromatic rings. The van der Waals surface area contributed by atoms with Crippen LogP contribution in [-0.2, 0) is 6.61 Å². The lowest BCUT2D eigenvalue weighted by atomic mass is 9.79. The summed E-state index contributed by atoms with van der Waals surface area (Å²) in [6, 6.07) is 16.3. The van der Waals surface area contributed by atoms with Gasteiger partial charge in [0.05, 0.1) is 10.1 Å². The largest absolute Gasteiger partial charge is 0.488 e. The van der Waals surface area contributed by atoms with Crippen LogP contribution in [0.15, 0.2) is 53.0 Å². The molecule has 1 saturated carbocycles. The minimum atomic E-state index is -0.861. The molecule has 1 amide bonds. The predicted molar refractivity (Wildman–Crippen MR) is 131 cm³/mol. The quantitative estimate of drug-likeness (QED) is 0.511. The second kappa shape index (κ2) is 10.9. The predicted octanol–water partition coefficient (Wildman–Crippen LogP) is 5.45. The molecule has 7 heteroatoms. The molecule has 2 N–H and O–H groups in total. The van der Waals surface area contributed by atoms with E-state index in [1.807, 2.05) is 36.4 Å². The van der Waals surface area contributed by atoms with Crippen molar-refractivity contribution in [3.8, 4) is 5.75 Å². The standard InChI is InChI=1S/C26H33BrN2O4/c27-22-17-21(9-10-24(22)33-19-20-7-3-1-4-8-20)23(18-26(32)11-5-2-6-12-26)28-13-15-29(16-14-28)25(30)31/h1,3-4,7-10,17,23,32H,2,5-6,11-16,18-19H2,(H,30,31). The van der Waals surface area contributed by atoms with Crippen molar-refractivity contribution in [1.29, 1.82) is 0 Å². The van der Waals surface area contributed by atoms with Gasteiger partial charge in [-0.1, -0.05) is 55.7 Å². The summed E-state index contributed by atoms with van der Waals surface area (Å²) in [6.07, 6.45) is 4.77. The monoisotopic (exact) mass is 516 g/mol. The van der Waals surface area contributed by atoms with Crippen molar-refractivity contribution < 1.29 is 19.7 Å². The fraction of sp³-hybridized carbons (Fsp3) is 0.500. The first kappa shape index (κ1) is 24.0. The number of nitrogens with zero attached hydrogens (tertiary/aromatic N) is 2. The van der Waals surface area contributed by atoms with Crippen LogP contribution >= 0.6 is 15.9 Å². The highest BCUT2D eigenvalue weighted by molar-refractivity contribution is 9.10. The highest BCUT2D eigenvalue weighted by Crippen LogP contribution is 2.40.